The van der Waals surface area contributed by atoms with Crippen molar-refractivity contribution in [3.8, 4) is 0 Å². The Labute approximate surface area is 135 Å². The predicted octanol–water partition coefficient (Wildman–Crippen LogP) is 2.56. The highest BCUT2D eigenvalue weighted by Gasteiger charge is 2.12. The van der Waals surface area contributed by atoms with Gasteiger partial charge in [0, 0.05) is 32.0 Å². The summed E-state index contributed by atoms with van der Waals surface area (Å²) < 4.78 is 0. The van der Waals surface area contributed by atoms with Gasteiger partial charge in [-0.2, -0.15) is 0 Å². The molecule has 6 heteroatoms. The summed E-state index contributed by atoms with van der Waals surface area (Å²) in [4.78, 5) is 10.9. The molecule has 3 heterocycles. The van der Waals surface area contributed by atoms with Gasteiger partial charge in [-0.25, -0.2) is 4.98 Å². The quantitative estimate of drug-likeness (QED) is 0.846. The minimum Gasteiger partial charge on any atom is -0.358 e. The summed E-state index contributed by atoms with van der Waals surface area (Å²) in [7, 11) is 0. The van der Waals surface area contributed by atoms with Crippen molar-refractivity contribution in [1.82, 2.24) is 15.3 Å². The zero-order valence-corrected chi connectivity index (χ0v) is 13.1. The van der Waals surface area contributed by atoms with Gasteiger partial charge in [-0.05, 0) is 48.8 Å². The van der Waals surface area contributed by atoms with Crippen LogP contribution in [0.25, 0.3) is 0 Å². The number of hydrogen-bond acceptors (Lipinski definition) is 4. The summed E-state index contributed by atoms with van der Waals surface area (Å²) in [6.07, 6.45) is 7.91. The number of anilines is 2. The van der Waals surface area contributed by atoms with Gasteiger partial charge in [-0.15, -0.1) is 0 Å². The van der Waals surface area contributed by atoms with Crippen molar-refractivity contribution in [2.75, 3.05) is 23.3 Å². The third-order valence-corrected chi connectivity index (χ3v) is 3.86. The molecule has 0 bridgehead atoms. The molecule has 114 valence electrons. The van der Waals surface area contributed by atoms with E-state index in [1.165, 1.54) is 12.8 Å². The van der Waals surface area contributed by atoms with Crippen molar-refractivity contribution in [3.63, 3.8) is 0 Å². The van der Waals surface area contributed by atoms with E-state index in [9.17, 15) is 0 Å². The number of pyridine rings is 2. The number of hydrogen-bond donors (Lipinski definition) is 2. The van der Waals surface area contributed by atoms with Crippen LogP contribution in [0.2, 0.25) is 0 Å². The van der Waals surface area contributed by atoms with Gasteiger partial charge in [-0.3, -0.25) is 4.98 Å². The van der Waals surface area contributed by atoms with Crippen LogP contribution < -0.4 is 15.5 Å². The number of nitrogens with one attached hydrogen (secondary N) is 2. The van der Waals surface area contributed by atoms with Crippen molar-refractivity contribution in [2.24, 2.45) is 0 Å². The average molecular weight is 313 g/mol. The smallest absolute Gasteiger partial charge is 0.171 e. The molecule has 0 spiro atoms. The Morgan fingerprint density at radius 2 is 2.05 bits per heavy atom. The molecular weight excluding hydrogens is 294 g/mol. The first-order valence-corrected chi connectivity index (χ1v) is 7.87. The van der Waals surface area contributed by atoms with E-state index in [0.717, 1.165) is 30.2 Å². The van der Waals surface area contributed by atoms with E-state index in [0.29, 0.717) is 11.7 Å². The molecule has 22 heavy (non-hydrogen) atoms. The van der Waals surface area contributed by atoms with Crippen LogP contribution in [-0.4, -0.2) is 28.2 Å². The molecule has 3 rings (SSSR count). The topological polar surface area (TPSA) is 53.1 Å². The minimum absolute atomic E-state index is 0.583. The molecule has 0 atom stereocenters. The van der Waals surface area contributed by atoms with E-state index in [2.05, 4.69) is 25.5 Å². The summed E-state index contributed by atoms with van der Waals surface area (Å²) in [5.74, 6) is 1.04. The van der Waals surface area contributed by atoms with Crippen LogP contribution in [0.1, 0.15) is 18.4 Å². The third-order valence-electron chi connectivity index (χ3n) is 3.61. The Morgan fingerprint density at radius 1 is 1.18 bits per heavy atom. The molecule has 0 unspecified atom stereocenters. The average Bonchev–Trinajstić information content (AvgIpc) is 3.09. The van der Waals surface area contributed by atoms with E-state index < -0.39 is 0 Å². The molecule has 0 saturated carbocycles. The molecule has 1 aliphatic heterocycles. The fourth-order valence-electron chi connectivity index (χ4n) is 2.45. The van der Waals surface area contributed by atoms with Gasteiger partial charge in [0.2, 0.25) is 0 Å². The fraction of sp³-hybridized carbons (Fsp3) is 0.312. The lowest BCUT2D eigenvalue weighted by Gasteiger charge is -2.16. The highest BCUT2D eigenvalue weighted by Crippen LogP contribution is 2.18. The second kappa shape index (κ2) is 7.17. The van der Waals surface area contributed by atoms with Crippen LogP contribution >= 0.6 is 12.2 Å². The van der Waals surface area contributed by atoms with Gasteiger partial charge in [-0.1, -0.05) is 6.07 Å². The van der Waals surface area contributed by atoms with E-state index in [-0.39, 0.29) is 0 Å². The lowest BCUT2D eigenvalue weighted by molar-refractivity contribution is 0.916. The molecule has 0 aliphatic carbocycles. The van der Waals surface area contributed by atoms with Crippen LogP contribution in [0.5, 0.6) is 0 Å². The van der Waals surface area contributed by atoms with E-state index in [1.54, 1.807) is 6.20 Å². The van der Waals surface area contributed by atoms with Crippen molar-refractivity contribution in [1.29, 1.82) is 0 Å². The van der Waals surface area contributed by atoms with Gasteiger partial charge in [0.1, 0.15) is 5.82 Å². The Morgan fingerprint density at radius 3 is 2.73 bits per heavy atom. The van der Waals surface area contributed by atoms with Crippen molar-refractivity contribution < 1.29 is 0 Å². The van der Waals surface area contributed by atoms with Crippen LogP contribution in [0.3, 0.4) is 0 Å². The molecule has 1 aliphatic rings. The van der Waals surface area contributed by atoms with E-state index >= 15 is 0 Å². The zero-order chi connectivity index (χ0) is 15.2. The molecule has 0 amide bonds. The second-order valence-corrected chi connectivity index (χ2v) is 5.68. The van der Waals surface area contributed by atoms with Gasteiger partial charge < -0.3 is 15.5 Å². The van der Waals surface area contributed by atoms with Crippen LogP contribution in [0.4, 0.5) is 11.5 Å². The van der Waals surface area contributed by atoms with Crippen LogP contribution in [0, 0.1) is 0 Å². The van der Waals surface area contributed by atoms with E-state index in [4.69, 9.17) is 12.2 Å². The summed E-state index contributed by atoms with van der Waals surface area (Å²) in [6.45, 7) is 2.86. The first kappa shape index (κ1) is 14.7. The van der Waals surface area contributed by atoms with Crippen LogP contribution in [-0.2, 0) is 6.54 Å². The summed E-state index contributed by atoms with van der Waals surface area (Å²) >= 11 is 5.29. The van der Waals surface area contributed by atoms with Crippen molar-refractivity contribution >= 4 is 28.8 Å². The molecular formula is C16H19N5S. The second-order valence-electron chi connectivity index (χ2n) is 5.27. The Kier molecular flexibility index (Phi) is 4.80. The lowest BCUT2D eigenvalue weighted by Crippen LogP contribution is -2.28. The number of thiocarbonyl (C=S) groups is 1. The monoisotopic (exact) mass is 313 g/mol. The number of aromatic nitrogens is 2. The Hall–Kier alpha value is -2.21. The van der Waals surface area contributed by atoms with Crippen molar-refractivity contribution in [3.05, 3.63) is 48.4 Å². The fourth-order valence-corrected chi connectivity index (χ4v) is 2.64. The highest BCUT2D eigenvalue weighted by atomic mass is 32.1. The standard InChI is InChI=1S/C16H19N5S/c22-16(19-11-13-4-3-7-17-10-13)20-14-5-6-15(18-12-14)21-8-1-2-9-21/h3-7,10,12H,1-2,8-9,11H2,(H2,19,20,22). The summed E-state index contributed by atoms with van der Waals surface area (Å²) in [6, 6.07) is 7.97. The molecule has 2 aromatic rings. The molecule has 1 saturated heterocycles. The third kappa shape index (κ3) is 3.92. The maximum atomic E-state index is 5.29. The number of nitrogens with zero attached hydrogens (tertiary/aromatic N) is 3. The maximum absolute atomic E-state index is 5.29. The van der Waals surface area contributed by atoms with Gasteiger partial charge >= 0.3 is 0 Å². The van der Waals surface area contributed by atoms with Gasteiger partial charge in [0.05, 0.1) is 11.9 Å². The minimum atomic E-state index is 0.583. The molecule has 5 nitrogen and oxygen atoms in total. The largest absolute Gasteiger partial charge is 0.358 e. The Balaban J connectivity index is 1.50. The molecule has 2 N–H and O–H groups in total. The molecule has 0 radical (unpaired) electrons. The SMILES string of the molecule is S=C(NCc1cccnc1)Nc1ccc(N2CCCC2)nc1. The first-order chi connectivity index (χ1) is 10.8. The molecule has 1 fully saturated rings. The van der Waals surface area contributed by atoms with Crippen molar-refractivity contribution in [2.45, 2.75) is 19.4 Å². The molecule has 0 aromatic carbocycles. The lowest BCUT2D eigenvalue weighted by atomic mass is 10.3. The Bertz CT molecular complexity index is 608. The highest BCUT2D eigenvalue weighted by molar-refractivity contribution is 7.80. The predicted molar refractivity (Wildman–Crippen MR) is 93.0 cm³/mol. The summed E-state index contributed by atoms with van der Waals surface area (Å²) in [5, 5.41) is 6.89. The first-order valence-electron chi connectivity index (χ1n) is 7.46. The van der Waals surface area contributed by atoms with E-state index in [1.807, 2.05) is 36.7 Å². The number of rotatable bonds is 4. The van der Waals surface area contributed by atoms with Gasteiger partial charge in [0.15, 0.2) is 5.11 Å². The molecule has 2 aromatic heterocycles. The normalized spacial score (nSPS) is 13.9. The van der Waals surface area contributed by atoms with Gasteiger partial charge in [0.25, 0.3) is 0 Å². The maximum Gasteiger partial charge on any atom is 0.171 e. The van der Waals surface area contributed by atoms with Crippen LogP contribution in [0.15, 0.2) is 42.9 Å². The zero-order valence-electron chi connectivity index (χ0n) is 12.3. The summed E-state index contributed by atoms with van der Waals surface area (Å²) in [5.41, 5.74) is 1.99.